The fourth-order valence-corrected chi connectivity index (χ4v) is 4.99. The average molecular weight is 407 g/mol. The molecule has 1 N–H and O–H groups in total. The van der Waals surface area contributed by atoms with Gasteiger partial charge in [-0.3, -0.25) is 4.79 Å². The van der Waals surface area contributed by atoms with E-state index in [1.54, 1.807) is 0 Å². The first kappa shape index (κ1) is 19.9. The van der Waals surface area contributed by atoms with E-state index in [-0.39, 0.29) is 10.8 Å². The second-order valence-electron chi connectivity index (χ2n) is 6.99. The molecule has 27 heavy (non-hydrogen) atoms. The van der Waals surface area contributed by atoms with E-state index in [1.165, 1.54) is 34.1 Å². The van der Waals surface area contributed by atoms with Crippen LogP contribution in [0.25, 0.3) is 0 Å². The van der Waals surface area contributed by atoms with Crippen LogP contribution in [0.1, 0.15) is 38.2 Å². The van der Waals surface area contributed by atoms with Gasteiger partial charge in [0, 0.05) is 17.3 Å². The number of nitrogens with zero attached hydrogens (tertiary/aromatic N) is 1. The van der Waals surface area contributed by atoms with Gasteiger partial charge in [-0.25, -0.2) is 8.42 Å². The van der Waals surface area contributed by atoms with E-state index in [4.69, 9.17) is 11.6 Å². The first-order valence-electron chi connectivity index (χ1n) is 8.97. The van der Waals surface area contributed by atoms with Gasteiger partial charge in [0.2, 0.25) is 15.9 Å². The highest BCUT2D eigenvalue weighted by molar-refractivity contribution is 7.89. The summed E-state index contributed by atoms with van der Waals surface area (Å²) in [4.78, 5) is 12.9. The van der Waals surface area contributed by atoms with Crippen LogP contribution in [-0.2, 0) is 14.8 Å². The number of rotatable bonds is 5. The Bertz CT molecular complexity index is 909. The third-order valence-corrected chi connectivity index (χ3v) is 6.95. The number of anilines is 1. The van der Waals surface area contributed by atoms with Gasteiger partial charge in [0.05, 0.1) is 4.90 Å². The van der Waals surface area contributed by atoms with Crippen molar-refractivity contribution in [2.45, 2.75) is 43.5 Å². The molecule has 2 aromatic rings. The number of carbonyl (C=O) groups excluding carboxylic acids is 1. The van der Waals surface area contributed by atoms with Crippen LogP contribution in [0.4, 0.5) is 5.69 Å². The molecule has 1 heterocycles. The monoisotopic (exact) mass is 406 g/mol. The number of carbonyl (C=O) groups is 1. The molecule has 7 heteroatoms. The molecule has 1 saturated heterocycles. The third kappa shape index (κ3) is 4.34. The van der Waals surface area contributed by atoms with E-state index in [0.29, 0.717) is 36.0 Å². The number of benzene rings is 2. The van der Waals surface area contributed by atoms with Gasteiger partial charge in [-0.15, -0.1) is 0 Å². The van der Waals surface area contributed by atoms with Crippen molar-refractivity contribution < 1.29 is 13.2 Å². The lowest BCUT2D eigenvalue weighted by Crippen LogP contribution is -2.43. The maximum Gasteiger partial charge on any atom is 0.243 e. The molecule has 0 bridgehead atoms. The average Bonchev–Trinajstić information content (AvgIpc) is 3.13. The van der Waals surface area contributed by atoms with Crippen LogP contribution in [0.3, 0.4) is 0 Å². The van der Waals surface area contributed by atoms with E-state index in [9.17, 15) is 13.2 Å². The van der Waals surface area contributed by atoms with Crippen LogP contribution in [0.5, 0.6) is 0 Å². The van der Waals surface area contributed by atoms with Crippen molar-refractivity contribution in [1.29, 1.82) is 0 Å². The van der Waals surface area contributed by atoms with Crippen LogP contribution < -0.4 is 5.32 Å². The van der Waals surface area contributed by atoms with Crippen LogP contribution in [0.2, 0.25) is 5.02 Å². The van der Waals surface area contributed by atoms with Crippen molar-refractivity contribution in [3.8, 4) is 0 Å². The number of hydrogen-bond acceptors (Lipinski definition) is 3. The van der Waals surface area contributed by atoms with Crippen molar-refractivity contribution in [2.75, 3.05) is 11.9 Å². The number of amides is 1. The second kappa shape index (κ2) is 8.00. The Hall–Kier alpha value is -1.89. The zero-order valence-electron chi connectivity index (χ0n) is 15.4. The van der Waals surface area contributed by atoms with Crippen molar-refractivity contribution in [3.63, 3.8) is 0 Å². The van der Waals surface area contributed by atoms with E-state index in [2.05, 4.69) is 19.2 Å². The van der Waals surface area contributed by atoms with Gasteiger partial charge < -0.3 is 5.32 Å². The number of nitrogens with one attached hydrogen (secondary N) is 1. The maximum atomic E-state index is 12.9. The highest BCUT2D eigenvalue weighted by atomic mass is 35.5. The molecule has 2 aromatic carbocycles. The Morgan fingerprint density at radius 3 is 2.33 bits per heavy atom. The highest BCUT2D eigenvalue weighted by Crippen LogP contribution is 2.28. The fraction of sp³-hybridized carbons (Fsp3) is 0.350. The van der Waals surface area contributed by atoms with E-state index >= 15 is 0 Å². The standard InChI is InChI=1S/C20H23ClN2O3S/c1-14(2)15-5-9-17(10-6-15)22-20(24)19-4-3-13-23(19)27(25,26)18-11-7-16(21)8-12-18/h5-12,14,19H,3-4,13H2,1-2H3,(H,22,24). The molecule has 1 fully saturated rings. The Morgan fingerprint density at radius 2 is 1.74 bits per heavy atom. The lowest BCUT2D eigenvalue weighted by molar-refractivity contribution is -0.119. The van der Waals surface area contributed by atoms with Crippen molar-refractivity contribution in [2.24, 2.45) is 0 Å². The molecule has 1 aliphatic heterocycles. The summed E-state index contributed by atoms with van der Waals surface area (Å²) in [7, 11) is -3.75. The van der Waals surface area contributed by atoms with Gasteiger partial charge in [0.25, 0.3) is 0 Å². The summed E-state index contributed by atoms with van der Waals surface area (Å²) in [5, 5.41) is 3.31. The Morgan fingerprint density at radius 1 is 1.11 bits per heavy atom. The van der Waals surface area contributed by atoms with Gasteiger partial charge in [-0.1, -0.05) is 37.6 Å². The number of sulfonamides is 1. The van der Waals surface area contributed by atoms with E-state index < -0.39 is 16.1 Å². The second-order valence-corrected chi connectivity index (χ2v) is 9.32. The predicted octanol–water partition coefficient (Wildman–Crippen LogP) is 4.26. The molecule has 1 atom stereocenters. The summed E-state index contributed by atoms with van der Waals surface area (Å²) in [6.07, 6.45) is 1.15. The zero-order chi connectivity index (χ0) is 19.6. The number of hydrogen-bond donors (Lipinski definition) is 1. The molecule has 5 nitrogen and oxygen atoms in total. The number of halogens is 1. The predicted molar refractivity (Wildman–Crippen MR) is 108 cm³/mol. The minimum Gasteiger partial charge on any atom is -0.325 e. The molecule has 3 rings (SSSR count). The molecule has 0 saturated carbocycles. The summed E-state index contributed by atoms with van der Waals surface area (Å²) in [6, 6.07) is 12.9. The van der Waals surface area contributed by atoms with Crippen molar-refractivity contribution >= 4 is 33.2 Å². The first-order chi connectivity index (χ1) is 12.8. The molecule has 0 aliphatic carbocycles. The Kier molecular flexibility index (Phi) is 5.89. The molecule has 0 aromatic heterocycles. The Balaban J connectivity index is 1.77. The van der Waals surface area contributed by atoms with Crippen molar-refractivity contribution in [1.82, 2.24) is 4.31 Å². The molecule has 1 aliphatic rings. The molecule has 1 amide bonds. The summed E-state index contributed by atoms with van der Waals surface area (Å²) < 4.78 is 27.2. The molecule has 1 unspecified atom stereocenters. The van der Waals surface area contributed by atoms with Crippen LogP contribution in [-0.4, -0.2) is 31.2 Å². The van der Waals surface area contributed by atoms with Gasteiger partial charge in [-0.05, 0) is 60.7 Å². The minimum atomic E-state index is -3.75. The zero-order valence-corrected chi connectivity index (χ0v) is 16.9. The molecular weight excluding hydrogens is 384 g/mol. The summed E-state index contributed by atoms with van der Waals surface area (Å²) >= 11 is 5.85. The van der Waals surface area contributed by atoms with Crippen LogP contribution in [0, 0.1) is 0 Å². The smallest absolute Gasteiger partial charge is 0.243 e. The van der Waals surface area contributed by atoms with E-state index in [0.717, 1.165) is 0 Å². The molecular formula is C20H23ClN2O3S. The van der Waals surface area contributed by atoms with Gasteiger partial charge >= 0.3 is 0 Å². The fourth-order valence-electron chi connectivity index (χ4n) is 3.21. The quantitative estimate of drug-likeness (QED) is 0.806. The topological polar surface area (TPSA) is 66.5 Å². The summed E-state index contributed by atoms with van der Waals surface area (Å²) in [5.41, 5.74) is 1.85. The first-order valence-corrected chi connectivity index (χ1v) is 10.8. The van der Waals surface area contributed by atoms with Gasteiger partial charge in [0.15, 0.2) is 0 Å². The largest absolute Gasteiger partial charge is 0.325 e. The summed E-state index contributed by atoms with van der Waals surface area (Å²) in [6.45, 7) is 4.53. The molecule has 0 spiro atoms. The normalized spacial score (nSPS) is 18.0. The van der Waals surface area contributed by atoms with Gasteiger partial charge in [0.1, 0.15) is 6.04 Å². The lowest BCUT2D eigenvalue weighted by Gasteiger charge is -2.23. The molecule has 144 valence electrons. The summed E-state index contributed by atoms with van der Waals surface area (Å²) in [5.74, 6) is 0.104. The molecule has 0 radical (unpaired) electrons. The van der Waals surface area contributed by atoms with Crippen molar-refractivity contribution in [3.05, 3.63) is 59.1 Å². The van der Waals surface area contributed by atoms with E-state index in [1.807, 2.05) is 24.3 Å². The maximum absolute atomic E-state index is 12.9. The lowest BCUT2D eigenvalue weighted by atomic mass is 10.0. The van der Waals surface area contributed by atoms with Crippen LogP contribution in [0.15, 0.2) is 53.4 Å². The highest BCUT2D eigenvalue weighted by Gasteiger charge is 2.39. The Labute approximate surface area is 165 Å². The third-order valence-electron chi connectivity index (χ3n) is 4.77. The van der Waals surface area contributed by atoms with Gasteiger partial charge in [-0.2, -0.15) is 4.31 Å². The minimum absolute atomic E-state index is 0.146. The van der Waals surface area contributed by atoms with Crippen LogP contribution >= 0.6 is 11.6 Å². The SMILES string of the molecule is CC(C)c1ccc(NC(=O)C2CCCN2S(=O)(=O)c2ccc(Cl)cc2)cc1.